The van der Waals surface area contributed by atoms with E-state index in [9.17, 15) is 9.59 Å². The molecule has 0 saturated carbocycles. The second-order valence-electron chi connectivity index (χ2n) is 7.20. The summed E-state index contributed by atoms with van der Waals surface area (Å²) in [7, 11) is 0. The molecule has 0 saturated heterocycles. The van der Waals surface area contributed by atoms with Gasteiger partial charge in [-0.15, -0.1) is 0 Å². The normalized spacial score (nSPS) is 15.5. The summed E-state index contributed by atoms with van der Waals surface area (Å²) in [6, 6.07) is 26.7. The molecule has 2 amide bonds. The number of carbonyl (C=O) groups is 2. The van der Waals surface area contributed by atoms with Gasteiger partial charge in [0.15, 0.2) is 0 Å². The highest BCUT2D eigenvalue weighted by Gasteiger charge is 2.34. The molecule has 0 heterocycles. The summed E-state index contributed by atoms with van der Waals surface area (Å²) in [5.74, 6) is -0.370. The molecule has 0 radical (unpaired) electrons. The van der Waals surface area contributed by atoms with Crippen LogP contribution in [0.2, 0.25) is 0 Å². The van der Waals surface area contributed by atoms with Gasteiger partial charge in [0.05, 0.1) is 12.5 Å². The summed E-state index contributed by atoms with van der Waals surface area (Å²) in [4.78, 5) is 28.2. The fourth-order valence-corrected chi connectivity index (χ4v) is 4.00. The standard InChI is InChI=1S/C25H23NO2/c27-24(18-19-10-3-1-4-11-19)26(25(28)21-13-5-2-6-14-21)23-17-9-15-20-12-7-8-16-22(20)23/h1-8,10-14,16,23H,9,15,17-18H2/t23-/m0/s1. The van der Waals surface area contributed by atoms with Gasteiger partial charge in [-0.1, -0.05) is 72.8 Å². The van der Waals surface area contributed by atoms with Crippen LogP contribution < -0.4 is 0 Å². The van der Waals surface area contributed by atoms with Crippen molar-refractivity contribution >= 4 is 11.8 Å². The van der Waals surface area contributed by atoms with Crippen LogP contribution in [0.5, 0.6) is 0 Å². The average molecular weight is 369 g/mol. The summed E-state index contributed by atoms with van der Waals surface area (Å²) in [5, 5.41) is 0. The number of fused-ring (bicyclic) bond motifs is 1. The molecule has 0 aliphatic heterocycles. The number of amides is 2. The lowest BCUT2D eigenvalue weighted by Crippen LogP contribution is -2.42. The minimum Gasteiger partial charge on any atom is -0.274 e. The van der Waals surface area contributed by atoms with E-state index in [-0.39, 0.29) is 24.3 Å². The third-order valence-electron chi connectivity index (χ3n) is 5.36. The van der Waals surface area contributed by atoms with Crippen molar-refractivity contribution < 1.29 is 9.59 Å². The molecule has 3 heteroatoms. The van der Waals surface area contributed by atoms with Crippen molar-refractivity contribution in [3.05, 3.63) is 107 Å². The molecule has 28 heavy (non-hydrogen) atoms. The Morgan fingerprint density at radius 3 is 2.21 bits per heavy atom. The Hall–Kier alpha value is -3.20. The van der Waals surface area contributed by atoms with Gasteiger partial charge in [0.25, 0.3) is 5.91 Å². The number of nitrogens with zero attached hydrogens (tertiary/aromatic N) is 1. The van der Waals surface area contributed by atoms with Crippen LogP contribution in [0.1, 0.15) is 45.9 Å². The fourth-order valence-electron chi connectivity index (χ4n) is 4.00. The van der Waals surface area contributed by atoms with Crippen molar-refractivity contribution in [3.63, 3.8) is 0 Å². The largest absolute Gasteiger partial charge is 0.274 e. The molecular formula is C25H23NO2. The third-order valence-corrected chi connectivity index (χ3v) is 5.36. The summed E-state index contributed by atoms with van der Waals surface area (Å²) in [6.45, 7) is 0. The second kappa shape index (κ2) is 8.22. The molecule has 0 spiro atoms. The molecule has 1 atom stereocenters. The smallest absolute Gasteiger partial charge is 0.261 e. The van der Waals surface area contributed by atoms with Crippen molar-refractivity contribution in [1.29, 1.82) is 0 Å². The summed E-state index contributed by atoms with van der Waals surface area (Å²) in [5.41, 5.74) is 3.80. The number of carbonyl (C=O) groups excluding carboxylic acids is 2. The molecule has 140 valence electrons. The van der Waals surface area contributed by atoms with Gasteiger partial charge in [0.2, 0.25) is 5.91 Å². The molecule has 3 aromatic carbocycles. The molecular weight excluding hydrogens is 346 g/mol. The summed E-state index contributed by atoms with van der Waals surface area (Å²) < 4.78 is 0. The van der Waals surface area contributed by atoms with E-state index >= 15 is 0 Å². The summed E-state index contributed by atoms with van der Waals surface area (Å²) in [6.07, 6.45) is 2.99. The number of imide groups is 1. The van der Waals surface area contributed by atoms with Crippen molar-refractivity contribution in [2.45, 2.75) is 31.7 Å². The van der Waals surface area contributed by atoms with Crippen LogP contribution in [0.25, 0.3) is 0 Å². The Labute approximate surface area is 165 Å². The van der Waals surface area contributed by atoms with Crippen LogP contribution in [-0.2, 0) is 17.6 Å². The van der Waals surface area contributed by atoms with Gasteiger partial charge in [-0.25, -0.2) is 0 Å². The van der Waals surface area contributed by atoms with Gasteiger partial charge in [-0.3, -0.25) is 14.5 Å². The first-order valence-electron chi connectivity index (χ1n) is 9.77. The quantitative estimate of drug-likeness (QED) is 0.651. The Balaban J connectivity index is 1.72. The van der Waals surface area contributed by atoms with E-state index in [1.165, 1.54) is 10.5 Å². The molecule has 1 aliphatic carbocycles. The van der Waals surface area contributed by atoms with Crippen LogP contribution in [0.4, 0.5) is 0 Å². The van der Waals surface area contributed by atoms with E-state index < -0.39 is 0 Å². The van der Waals surface area contributed by atoms with E-state index in [1.807, 2.05) is 60.7 Å². The molecule has 0 bridgehead atoms. The number of aryl methyl sites for hydroxylation is 1. The van der Waals surface area contributed by atoms with Crippen molar-refractivity contribution in [2.24, 2.45) is 0 Å². The summed E-state index contributed by atoms with van der Waals surface area (Å²) >= 11 is 0. The highest BCUT2D eigenvalue weighted by atomic mass is 16.2. The maximum Gasteiger partial charge on any atom is 0.261 e. The van der Waals surface area contributed by atoms with Crippen LogP contribution in [0.15, 0.2) is 84.9 Å². The third kappa shape index (κ3) is 3.74. The van der Waals surface area contributed by atoms with Gasteiger partial charge in [0.1, 0.15) is 0 Å². The maximum atomic E-state index is 13.4. The molecule has 3 nitrogen and oxygen atoms in total. The van der Waals surface area contributed by atoms with E-state index in [1.54, 1.807) is 12.1 Å². The lowest BCUT2D eigenvalue weighted by molar-refractivity contribution is -0.130. The van der Waals surface area contributed by atoms with Crippen molar-refractivity contribution in [2.75, 3.05) is 0 Å². The van der Waals surface area contributed by atoms with Crippen molar-refractivity contribution in [3.8, 4) is 0 Å². The highest BCUT2D eigenvalue weighted by Crippen LogP contribution is 2.35. The predicted octanol–water partition coefficient (Wildman–Crippen LogP) is 4.98. The predicted molar refractivity (Wildman–Crippen MR) is 110 cm³/mol. The Morgan fingerprint density at radius 1 is 0.821 bits per heavy atom. The molecule has 0 unspecified atom stereocenters. The van der Waals surface area contributed by atoms with Gasteiger partial charge < -0.3 is 0 Å². The lowest BCUT2D eigenvalue weighted by Gasteiger charge is -2.34. The molecule has 0 N–H and O–H groups in total. The van der Waals surface area contributed by atoms with Crippen molar-refractivity contribution in [1.82, 2.24) is 4.90 Å². The first-order chi connectivity index (χ1) is 13.7. The van der Waals surface area contributed by atoms with E-state index in [0.29, 0.717) is 5.56 Å². The number of rotatable bonds is 4. The number of hydrogen-bond acceptors (Lipinski definition) is 2. The minimum absolute atomic E-state index is 0.151. The number of benzene rings is 3. The molecule has 0 fully saturated rings. The molecule has 4 rings (SSSR count). The van der Waals surface area contributed by atoms with Crippen LogP contribution in [-0.4, -0.2) is 16.7 Å². The van der Waals surface area contributed by atoms with Crippen LogP contribution in [0.3, 0.4) is 0 Å². The average Bonchev–Trinajstić information content (AvgIpc) is 2.75. The number of hydrogen-bond donors (Lipinski definition) is 0. The SMILES string of the molecule is O=C(Cc1ccccc1)N(C(=O)c1ccccc1)[C@H]1CCCc2ccccc21. The second-order valence-corrected chi connectivity index (χ2v) is 7.20. The van der Waals surface area contributed by atoms with Gasteiger partial charge in [-0.2, -0.15) is 0 Å². The maximum absolute atomic E-state index is 13.4. The zero-order valence-corrected chi connectivity index (χ0v) is 15.8. The van der Waals surface area contributed by atoms with E-state index in [4.69, 9.17) is 0 Å². The zero-order chi connectivity index (χ0) is 19.3. The van der Waals surface area contributed by atoms with E-state index in [2.05, 4.69) is 12.1 Å². The molecule has 1 aliphatic rings. The van der Waals surface area contributed by atoms with Gasteiger partial charge >= 0.3 is 0 Å². The minimum atomic E-state index is -0.219. The van der Waals surface area contributed by atoms with Gasteiger partial charge in [0, 0.05) is 5.56 Å². The Kier molecular flexibility index (Phi) is 5.34. The van der Waals surface area contributed by atoms with E-state index in [0.717, 1.165) is 30.4 Å². The fraction of sp³-hybridized carbons (Fsp3) is 0.200. The first kappa shape index (κ1) is 18.2. The molecule has 0 aromatic heterocycles. The topological polar surface area (TPSA) is 37.4 Å². The Bertz CT molecular complexity index is 966. The lowest BCUT2D eigenvalue weighted by atomic mass is 9.86. The van der Waals surface area contributed by atoms with Crippen LogP contribution >= 0.6 is 0 Å². The first-order valence-corrected chi connectivity index (χ1v) is 9.77. The molecule has 3 aromatic rings. The van der Waals surface area contributed by atoms with Crippen LogP contribution in [0, 0.1) is 0 Å². The monoisotopic (exact) mass is 369 g/mol. The van der Waals surface area contributed by atoms with Gasteiger partial charge in [-0.05, 0) is 48.1 Å². The highest BCUT2D eigenvalue weighted by molar-refractivity contribution is 6.05. The Morgan fingerprint density at radius 2 is 1.46 bits per heavy atom. The zero-order valence-electron chi connectivity index (χ0n) is 15.8.